The normalized spacial score (nSPS) is 21.4. The summed E-state index contributed by atoms with van der Waals surface area (Å²) in [6, 6.07) is 0. The van der Waals surface area contributed by atoms with Crippen LogP contribution in [0.1, 0.15) is 33.6 Å². The van der Waals surface area contributed by atoms with Crippen LogP contribution in [0.25, 0.3) is 0 Å². The van der Waals surface area contributed by atoms with Crippen molar-refractivity contribution in [3.8, 4) is 0 Å². The molecule has 0 aromatic heterocycles. The summed E-state index contributed by atoms with van der Waals surface area (Å²) in [6.45, 7) is 11.6. The standard InChI is InChI=1S/C18H34N4O3/c1-18(2,3)19-16(23)13-21-9-11-22(12-10-21)17(24)14-20-7-5-15(25-4)6-8-20/h15H,5-14H2,1-4H3,(H,19,23). The summed E-state index contributed by atoms with van der Waals surface area (Å²) in [5, 5.41) is 2.98. The van der Waals surface area contributed by atoms with Crippen LogP contribution >= 0.6 is 0 Å². The van der Waals surface area contributed by atoms with E-state index >= 15 is 0 Å². The average Bonchev–Trinajstić information content (AvgIpc) is 2.54. The van der Waals surface area contributed by atoms with E-state index in [9.17, 15) is 9.59 Å². The van der Waals surface area contributed by atoms with Crippen LogP contribution in [-0.4, -0.2) is 97.6 Å². The third kappa shape index (κ3) is 6.92. The van der Waals surface area contributed by atoms with E-state index in [0.717, 1.165) is 39.0 Å². The first-order valence-corrected chi connectivity index (χ1v) is 9.33. The lowest BCUT2D eigenvalue weighted by molar-refractivity contribution is -0.135. The van der Waals surface area contributed by atoms with E-state index in [0.29, 0.717) is 32.3 Å². The first-order valence-electron chi connectivity index (χ1n) is 9.33. The molecule has 0 aliphatic carbocycles. The molecule has 2 saturated heterocycles. The Morgan fingerprint density at radius 1 is 0.960 bits per heavy atom. The van der Waals surface area contributed by atoms with Crippen LogP contribution in [0.15, 0.2) is 0 Å². The summed E-state index contributed by atoms with van der Waals surface area (Å²) >= 11 is 0. The third-order valence-corrected chi connectivity index (χ3v) is 4.83. The number of hydrogen-bond acceptors (Lipinski definition) is 5. The van der Waals surface area contributed by atoms with Crippen molar-refractivity contribution in [2.75, 3.05) is 59.5 Å². The highest BCUT2D eigenvalue weighted by molar-refractivity contribution is 5.79. The summed E-state index contributed by atoms with van der Waals surface area (Å²) in [5.74, 6) is 0.253. The topological polar surface area (TPSA) is 65.1 Å². The zero-order chi connectivity index (χ0) is 18.4. The molecule has 2 heterocycles. The molecule has 7 heteroatoms. The Bertz CT molecular complexity index is 448. The van der Waals surface area contributed by atoms with Gasteiger partial charge in [0.25, 0.3) is 0 Å². The van der Waals surface area contributed by atoms with Gasteiger partial charge in [0.1, 0.15) is 0 Å². The number of amides is 2. The van der Waals surface area contributed by atoms with Gasteiger partial charge in [0.2, 0.25) is 11.8 Å². The van der Waals surface area contributed by atoms with Crippen LogP contribution in [0.3, 0.4) is 0 Å². The van der Waals surface area contributed by atoms with Gasteiger partial charge < -0.3 is 15.0 Å². The minimum Gasteiger partial charge on any atom is -0.381 e. The van der Waals surface area contributed by atoms with Gasteiger partial charge in [-0.1, -0.05) is 0 Å². The number of rotatable bonds is 5. The summed E-state index contributed by atoms with van der Waals surface area (Å²) in [5.41, 5.74) is -0.203. The maximum absolute atomic E-state index is 12.5. The van der Waals surface area contributed by atoms with Crippen molar-refractivity contribution < 1.29 is 14.3 Å². The summed E-state index contributed by atoms with van der Waals surface area (Å²) in [4.78, 5) is 30.8. The van der Waals surface area contributed by atoms with E-state index in [-0.39, 0.29) is 17.4 Å². The Labute approximate surface area is 151 Å². The van der Waals surface area contributed by atoms with Crippen molar-refractivity contribution >= 4 is 11.8 Å². The predicted molar refractivity (Wildman–Crippen MR) is 97.4 cm³/mol. The Balaban J connectivity index is 1.67. The molecule has 1 N–H and O–H groups in total. The molecule has 2 rings (SSSR count). The van der Waals surface area contributed by atoms with Crippen molar-refractivity contribution in [2.45, 2.75) is 45.3 Å². The van der Waals surface area contributed by atoms with Crippen LogP contribution in [0.4, 0.5) is 0 Å². The molecule has 2 amide bonds. The van der Waals surface area contributed by atoms with Gasteiger partial charge in [-0.25, -0.2) is 0 Å². The maximum Gasteiger partial charge on any atom is 0.236 e. The minimum atomic E-state index is -0.203. The van der Waals surface area contributed by atoms with Crippen LogP contribution in [0.2, 0.25) is 0 Å². The predicted octanol–water partition coefficient (Wildman–Crippen LogP) is 0.156. The molecule has 0 spiro atoms. The highest BCUT2D eigenvalue weighted by Crippen LogP contribution is 2.13. The molecule has 0 bridgehead atoms. The second kappa shape index (κ2) is 8.96. The lowest BCUT2D eigenvalue weighted by Crippen LogP contribution is -2.54. The van der Waals surface area contributed by atoms with Gasteiger partial charge in [0, 0.05) is 51.9 Å². The number of carbonyl (C=O) groups is 2. The molecule has 2 aliphatic heterocycles. The molecule has 2 aliphatic rings. The van der Waals surface area contributed by atoms with E-state index in [1.807, 2.05) is 25.7 Å². The van der Waals surface area contributed by atoms with Crippen molar-refractivity contribution in [1.29, 1.82) is 0 Å². The number of hydrogen-bond donors (Lipinski definition) is 1. The van der Waals surface area contributed by atoms with E-state index in [1.165, 1.54) is 0 Å². The number of ether oxygens (including phenoxy) is 1. The lowest BCUT2D eigenvalue weighted by atomic mass is 10.1. The molecule has 2 fully saturated rings. The molecular formula is C18H34N4O3. The SMILES string of the molecule is COC1CCN(CC(=O)N2CCN(CC(=O)NC(C)(C)C)CC2)CC1. The van der Waals surface area contributed by atoms with Gasteiger partial charge in [-0.05, 0) is 33.6 Å². The quantitative estimate of drug-likeness (QED) is 0.762. The van der Waals surface area contributed by atoms with Gasteiger partial charge >= 0.3 is 0 Å². The van der Waals surface area contributed by atoms with Crippen LogP contribution in [0, 0.1) is 0 Å². The van der Waals surface area contributed by atoms with Gasteiger partial charge in [0.15, 0.2) is 0 Å². The Kier molecular flexibility index (Phi) is 7.22. The van der Waals surface area contributed by atoms with Gasteiger partial charge in [-0.15, -0.1) is 0 Å². The minimum absolute atomic E-state index is 0.0493. The van der Waals surface area contributed by atoms with Gasteiger partial charge in [-0.2, -0.15) is 0 Å². The number of nitrogens with zero attached hydrogens (tertiary/aromatic N) is 3. The molecule has 0 radical (unpaired) electrons. The van der Waals surface area contributed by atoms with Crippen LogP contribution < -0.4 is 5.32 Å². The first kappa shape index (κ1) is 20.1. The number of piperidine rings is 1. The number of carbonyl (C=O) groups excluding carboxylic acids is 2. The molecule has 0 atom stereocenters. The lowest BCUT2D eigenvalue weighted by Gasteiger charge is -2.37. The Hall–Kier alpha value is -1.18. The number of piperazine rings is 1. The Morgan fingerprint density at radius 3 is 2.04 bits per heavy atom. The zero-order valence-corrected chi connectivity index (χ0v) is 16.2. The van der Waals surface area contributed by atoms with Crippen molar-refractivity contribution in [2.24, 2.45) is 0 Å². The summed E-state index contributed by atoms with van der Waals surface area (Å²) < 4.78 is 5.37. The van der Waals surface area contributed by atoms with Gasteiger partial charge in [-0.3, -0.25) is 19.4 Å². The van der Waals surface area contributed by atoms with E-state index in [4.69, 9.17) is 4.74 Å². The molecule has 0 saturated carbocycles. The second-order valence-corrected chi connectivity index (χ2v) is 8.17. The maximum atomic E-state index is 12.5. The molecule has 0 unspecified atom stereocenters. The fourth-order valence-corrected chi connectivity index (χ4v) is 3.41. The highest BCUT2D eigenvalue weighted by atomic mass is 16.5. The van der Waals surface area contributed by atoms with Crippen LogP contribution in [0.5, 0.6) is 0 Å². The van der Waals surface area contributed by atoms with E-state index in [2.05, 4.69) is 15.1 Å². The van der Waals surface area contributed by atoms with Crippen molar-refractivity contribution in [3.05, 3.63) is 0 Å². The fraction of sp³-hybridized carbons (Fsp3) is 0.889. The fourth-order valence-electron chi connectivity index (χ4n) is 3.41. The van der Waals surface area contributed by atoms with E-state index in [1.54, 1.807) is 7.11 Å². The average molecular weight is 354 g/mol. The third-order valence-electron chi connectivity index (χ3n) is 4.83. The number of methoxy groups -OCH3 is 1. The summed E-state index contributed by atoms with van der Waals surface area (Å²) in [7, 11) is 1.76. The molecule has 25 heavy (non-hydrogen) atoms. The molecule has 7 nitrogen and oxygen atoms in total. The molecule has 0 aromatic carbocycles. The van der Waals surface area contributed by atoms with Crippen molar-refractivity contribution in [1.82, 2.24) is 20.0 Å². The molecule has 0 aromatic rings. The smallest absolute Gasteiger partial charge is 0.236 e. The van der Waals surface area contributed by atoms with E-state index < -0.39 is 0 Å². The Morgan fingerprint density at radius 2 is 1.52 bits per heavy atom. The molecular weight excluding hydrogens is 320 g/mol. The largest absolute Gasteiger partial charge is 0.381 e. The molecule has 144 valence electrons. The second-order valence-electron chi connectivity index (χ2n) is 8.17. The highest BCUT2D eigenvalue weighted by Gasteiger charge is 2.26. The van der Waals surface area contributed by atoms with Crippen LogP contribution in [-0.2, 0) is 14.3 Å². The number of likely N-dealkylation sites (tertiary alicyclic amines) is 1. The summed E-state index contributed by atoms with van der Waals surface area (Å²) in [6.07, 6.45) is 2.34. The monoisotopic (exact) mass is 354 g/mol. The zero-order valence-electron chi connectivity index (χ0n) is 16.2. The van der Waals surface area contributed by atoms with Crippen molar-refractivity contribution in [3.63, 3.8) is 0 Å². The first-order chi connectivity index (χ1) is 11.8. The number of nitrogens with one attached hydrogen (secondary N) is 1. The van der Waals surface area contributed by atoms with Gasteiger partial charge in [0.05, 0.1) is 19.2 Å².